The van der Waals surface area contributed by atoms with Crippen LogP contribution in [0.5, 0.6) is 5.75 Å². The molecular formula is C16H24N2O2. The Morgan fingerprint density at radius 3 is 2.80 bits per heavy atom. The van der Waals surface area contributed by atoms with E-state index in [1.807, 2.05) is 36.9 Å². The summed E-state index contributed by atoms with van der Waals surface area (Å²) in [5.41, 5.74) is 1.16. The number of carbonyl (C=O) groups excluding carboxylic acids is 1. The summed E-state index contributed by atoms with van der Waals surface area (Å²) in [6, 6.07) is 8.03. The molecule has 0 unspecified atom stereocenters. The number of carbonyl (C=O) groups is 1. The first kappa shape index (κ1) is 14.9. The van der Waals surface area contributed by atoms with Gasteiger partial charge in [-0.15, -0.1) is 0 Å². The van der Waals surface area contributed by atoms with E-state index in [1.54, 1.807) is 0 Å². The van der Waals surface area contributed by atoms with Gasteiger partial charge in [-0.3, -0.25) is 4.79 Å². The zero-order valence-electron chi connectivity index (χ0n) is 12.4. The molecule has 0 bridgehead atoms. The normalized spacial score (nSPS) is 15.4. The standard InChI is InChI=1S/C16H24N2O2/c1-13(2)20-15-5-3-4-14(12-15)6-7-16(19)18-10-8-17-9-11-18/h3-5,12-13,17H,6-11H2,1-2H3. The molecular weight excluding hydrogens is 252 g/mol. The van der Waals surface area contributed by atoms with Crippen molar-refractivity contribution in [1.82, 2.24) is 10.2 Å². The van der Waals surface area contributed by atoms with E-state index in [1.165, 1.54) is 0 Å². The van der Waals surface area contributed by atoms with Gasteiger partial charge in [0, 0.05) is 32.6 Å². The highest BCUT2D eigenvalue weighted by molar-refractivity contribution is 5.76. The number of aryl methyl sites for hydroxylation is 1. The van der Waals surface area contributed by atoms with Crippen molar-refractivity contribution in [3.8, 4) is 5.75 Å². The molecule has 1 saturated heterocycles. The number of nitrogens with zero attached hydrogens (tertiary/aromatic N) is 1. The predicted molar refractivity (Wildman–Crippen MR) is 80.0 cm³/mol. The molecule has 1 aliphatic rings. The van der Waals surface area contributed by atoms with Crippen molar-refractivity contribution in [2.24, 2.45) is 0 Å². The molecule has 20 heavy (non-hydrogen) atoms. The zero-order valence-corrected chi connectivity index (χ0v) is 12.4. The minimum Gasteiger partial charge on any atom is -0.491 e. The molecule has 1 heterocycles. The lowest BCUT2D eigenvalue weighted by Gasteiger charge is -2.27. The molecule has 110 valence electrons. The average Bonchev–Trinajstić information content (AvgIpc) is 2.45. The Morgan fingerprint density at radius 1 is 1.35 bits per heavy atom. The van der Waals surface area contributed by atoms with Gasteiger partial charge in [-0.2, -0.15) is 0 Å². The fourth-order valence-electron chi connectivity index (χ4n) is 2.37. The number of hydrogen-bond acceptors (Lipinski definition) is 3. The lowest BCUT2D eigenvalue weighted by atomic mass is 10.1. The third-order valence-corrected chi connectivity index (χ3v) is 3.37. The molecule has 1 aromatic rings. The van der Waals surface area contributed by atoms with Gasteiger partial charge in [0.2, 0.25) is 5.91 Å². The number of nitrogens with one attached hydrogen (secondary N) is 1. The van der Waals surface area contributed by atoms with Crippen LogP contribution in [0.1, 0.15) is 25.8 Å². The number of piperazine rings is 1. The Kier molecular flexibility index (Phi) is 5.41. The maximum Gasteiger partial charge on any atom is 0.222 e. The highest BCUT2D eigenvalue weighted by Crippen LogP contribution is 2.16. The predicted octanol–water partition coefficient (Wildman–Crippen LogP) is 1.84. The Balaban J connectivity index is 1.85. The van der Waals surface area contributed by atoms with Crippen LogP contribution in [0.25, 0.3) is 0 Å². The van der Waals surface area contributed by atoms with E-state index in [9.17, 15) is 4.79 Å². The zero-order chi connectivity index (χ0) is 14.4. The summed E-state index contributed by atoms with van der Waals surface area (Å²) < 4.78 is 5.67. The van der Waals surface area contributed by atoms with Crippen molar-refractivity contribution in [3.63, 3.8) is 0 Å². The molecule has 0 saturated carbocycles. The van der Waals surface area contributed by atoms with Gasteiger partial charge in [0.05, 0.1) is 6.10 Å². The fourth-order valence-corrected chi connectivity index (χ4v) is 2.37. The molecule has 0 radical (unpaired) electrons. The molecule has 2 rings (SSSR count). The Labute approximate surface area is 121 Å². The largest absolute Gasteiger partial charge is 0.491 e. The van der Waals surface area contributed by atoms with Crippen LogP contribution in [0, 0.1) is 0 Å². The van der Waals surface area contributed by atoms with Gasteiger partial charge >= 0.3 is 0 Å². The summed E-state index contributed by atoms with van der Waals surface area (Å²) in [7, 11) is 0. The van der Waals surface area contributed by atoms with Crippen LogP contribution in [0.3, 0.4) is 0 Å². The van der Waals surface area contributed by atoms with Crippen LogP contribution < -0.4 is 10.1 Å². The Hall–Kier alpha value is -1.55. The molecule has 1 aromatic carbocycles. The van der Waals surface area contributed by atoms with Gasteiger partial charge in [0.25, 0.3) is 0 Å². The van der Waals surface area contributed by atoms with E-state index < -0.39 is 0 Å². The van der Waals surface area contributed by atoms with E-state index >= 15 is 0 Å². The highest BCUT2D eigenvalue weighted by Gasteiger charge is 2.15. The lowest BCUT2D eigenvalue weighted by Crippen LogP contribution is -2.46. The molecule has 0 spiro atoms. The molecule has 0 aromatic heterocycles. The van der Waals surface area contributed by atoms with E-state index in [2.05, 4.69) is 11.4 Å². The summed E-state index contributed by atoms with van der Waals surface area (Å²) in [5, 5.41) is 3.26. The minimum absolute atomic E-state index is 0.174. The van der Waals surface area contributed by atoms with Gasteiger partial charge in [-0.05, 0) is 38.0 Å². The monoisotopic (exact) mass is 276 g/mol. The highest BCUT2D eigenvalue weighted by atomic mass is 16.5. The first-order valence-electron chi connectivity index (χ1n) is 7.39. The third-order valence-electron chi connectivity index (χ3n) is 3.37. The summed E-state index contributed by atoms with van der Waals surface area (Å²) in [5.74, 6) is 1.13. The Bertz CT molecular complexity index is 440. The van der Waals surface area contributed by atoms with Crippen LogP contribution in [-0.2, 0) is 11.2 Å². The second kappa shape index (κ2) is 7.29. The van der Waals surface area contributed by atoms with Gasteiger partial charge in [-0.1, -0.05) is 12.1 Å². The van der Waals surface area contributed by atoms with Crippen LogP contribution in [0.4, 0.5) is 0 Å². The number of ether oxygens (including phenoxy) is 1. The number of benzene rings is 1. The van der Waals surface area contributed by atoms with Gasteiger partial charge in [0.1, 0.15) is 5.75 Å². The van der Waals surface area contributed by atoms with E-state index in [0.717, 1.165) is 43.9 Å². The molecule has 0 atom stereocenters. The number of rotatable bonds is 5. The minimum atomic E-state index is 0.174. The molecule has 1 aliphatic heterocycles. The SMILES string of the molecule is CC(C)Oc1cccc(CCC(=O)N2CCNCC2)c1. The molecule has 1 fully saturated rings. The van der Waals surface area contributed by atoms with E-state index in [-0.39, 0.29) is 12.0 Å². The second-order valence-electron chi connectivity index (χ2n) is 5.44. The molecule has 4 heteroatoms. The molecule has 1 N–H and O–H groups in total. The molecule has 1 amide bonds. The summed E-state index contributed by atoms with van der Waals surface area (Å²) >= 11 is 0. The van der Waals surface area contributed by atoms with Crippen molar-refractivity contribution >= 4 is 5.91 Å². The summed E-state index contributed by atoms with van der Waals surface area (Å²) in [6.07, 6.45) is 1.52. The van der Waals surface area contributed by atoms with Gasteiger partial charge < -0.3 is 15.0 Å². The first-order valence-corrected chi connectivity index (χ1v) is 7.39. The van der Waals surface area contributed by atoms with Crippen molar-refractivity contribution in [3.05, 3.63) is 29.8 Å². The average molecular weight is 276 g/mol. The van der Waals surface area contributed by atoms with Crippen LogP contribution in [0.2, 0.25) is 0 Å². The van der Waals surface area contributed by atoms with Crippen molar-refractivity contribution < 1.29 is 9.53 Å². The lowest BCUT2D eigenvalue weighted by molar-refractivity contribution is -0.131. The number of amides is 1. The fraction of sp³-hybridized carbons (Fsp3) is 0.562. The first-order chi connectivity index (χ1) is 9.65. The topological polar surface area (TPSA) is 41.6 Å². The van der Waals surface area contributed by atoms with E-state index in [4.69, 9.17) is 4.74 Å². The summed E-state index contributed by atoms with van der Waals surface area (Å²) in [6.45, 7) is 7.50. The maximum absolute atomic E-state index is 12.1. The number of hydrogen-bond donors (Lipinski definition) is 1. The molecule has 0 aliphatic carbocycles. The van der Waals surface area contributed by atoms with Crippen molar-refractivity contribution in [2.45, 2.75) is 32.8 Å². The van der Waals surface area contributed by atoms with Gasteiger partial charge in [0.15, 0.2) is 0 Å². The van der Waals surface area contributed by atoms with Gasteiger partial charge in [-0.25, -0.2) is 0 Å². The smallest absolute Gasteiger partial charge is 0.222 e. The van der Waals surface area contributed by atoms with Crippen LogP contribution >= 0.6 is 0 Å². The second-order valence-corrected chi connectivity index (χ2v) is 5.44. The van der Waals surface area contributed by atoms with Crippen molar-refractivity contribution in [1.29, 1.82) is 0 Å². The quantitative estimate of drug-likeness (QED) is 0.892. The van der Waals surface area contributed by atoms with Crippen LogP contribution in [0.15, 0.2) is 24.3 Å². The van der Waals surface area contributed by atoms with E-state index in [0.29, 0.717) is 6.42 Å². The van der Waals surface area contributed by atoms with Crippen molar-refractivity contribution in [2.75, 3.05) is 26.2 Å². The maximum atomic E-state index is 12.1. The molecule has 4 nitrogen and oxygen atoms in total. The van der Waals surface area contributed by atoms with Crippen LogP contribution in [-0.4, -0.2) is 43.1 Å². The third kappa shape index (κ3) is 4.53. The summed E-state index contributed by atoms with van der Waals surface area (Å²) in [4.78, 5) is 14.1. The Morgan fingerprint density at radius 2 is 2.10 bits per heavy atom.